The molecule has 1 aromatic rings. The molecule has 0 bridgehead atoms. The molecule has 0 unspecified atom stereocenters. The lowest BCUT2D eigenvalue weighted by atomic mass is 9.64. The molecule has 0 radical (unpaired) electrons. The lowest BCUT2D eigenvalue weighted by Gasteiger charge is -2.49. The highest BCUT2D eigenvalue weighted by molar-refractivity contribution is 5.97. The summed E-state index contributed by atoms with van der Waals surface area (Å²) in [4.78, 5) is 17.3. The Hall–Kier alpha value is -1.79. The first-order valence-corrected chi connectivity index (χ1v) is 11.3. The van der Waals surface area contributed by atoms with Crippen molar-refractivity contribution < 1.29 is 19.4 Å². The van der Waals surface area contributed by atoms with Crippen LogP contribution >= 0.6 is 0 Å². The number of methoxy groups -OCH3 is 2. The van der Waals surface area contributed by atoms with Gasteiger partial charge in [0.25, 0.3) is 5.91 Å². The van der Waals surface area contributed by atoms with Crippen molar-refractivity contribution >= 4 is 5.91 Å². The number of aliphatic hydroxyl groups is 1. The zero-order valence-electron chi connectivity index (χ0n) is 19.1. The summed E-state index contributed by atoms with van der Waals surface area (Å²) in [5, 5.41) is 11.0. The number of nitrogens with zero attached hydrogens (tertiary/aromatic N) is 2. The number of benzene rings is 1. The van der Waals surface area contributed by atoms with E-state index in [2.05, 4.69) is 18.9 Å². The lowest BCUT2D eigenvalue weighted by Crippen LogP contribution is -2.50. The number of carbonyl (C=O) groups excluding carboxylic acids is 1. The number of carbonyl (C=O) groups is 1. The minimum Gasteiger partial charge on any atom is -0.497 e. The van der Waals surface area contributed by atoms with Gasteiger partial charge in [-0.3, -0.25) is 4.79 Å². The summed E-state index contributed by atoms with van der Waals surface area (Å²) in [7, 11) is 5.29. The predicted octanol–water partition coefficient (Wildman–Crippen LogP) is 3.57. The van der Waals surface area contributed by atoms with Gasteiger partial charge in [0.05, 0.1) is 25.4 Å². The fourth-order valence-corrected chi connectivity index (χ4v) is 5.20. The van der Waals surface area contributed by atoms with E-state index < -0.39 is 5.60 Å². The minimum absolute atomic E-state index is 0.0258. The van der Waals surface area contributed by atoms with E-state index in [9.17, 15) is 9.90 Å². The van der Waals surface area contributed by atoms with E-state index in [0.29, 0.717) is 17.1 Å². The highest BCUT2D eigenvalue weighted by atomic mass is 16.5. The summed E-state index contributed by atoms with van der Waals surface area (Å²) in [5.74, 6) is 1.26. The number of amides is 1. The molecule has 3 rings (SSSR count). The molecule has 1 aliphatic heterocycles. The van der Waals surface area contributed by atoms with Crippen LogP contribution in [0.25, 0.3) is 0 Å². The normalized spacial score (nSPS) is 20.4. The van der Waals surface area contributed by atoms with Crippen LogP contribution in [-0.4, -0.2) is 73.9 Å². The van der Waals surface area contributed by atoms with Gasteiger partial charge in [-0.1, -0.05) is 6.92 Å². The van der Waals surface area contributed by atoms with Crippen molar-refractivity contribution in [3.63, 3.8) is 0 Å². The van der Waals surface area contributed by atoms with Gasteiger partial charge in [0.1, 0.15) is 11.5 Å². The molecule has 6 heteroatoms. The highest BCUT2D eigenvalue weighted by Gasteiger charge is 2.44. The quantitative estimate of drug-likeness (QED) is 0.733. The van der Waals surface area contributed by atoms with Crippen molar-refractivity contribution in [2.24, 2.45) is 5.41 Å². The molecule has 1 aliphatic carbocycles. The zero-order chi connectivity index (χ0) is 21.8. The minimum atomic E-state index is -0.557. The second-order valence-electron chi connectivity index (χ2n) is 9.32. The molecule has 1 aromatic carbocycles. The Morgan fingerprint density at radius 2 is 1.77 bits per heavy atom. The largest absolute Gasteiger partial charge is 0.497 e. The number of piperidine rings is 1. The summed E-state index contributed by atoms with van der Waals surface area (Å²) in [5.41, 5.74) is 0.306. The van der Waals surface area contributed by atoms with Gasteiger partial charge in [-0.15, -0.1) is 0 Å². The number of hydrogen-bond acceptors (Lipinski definition) is 5. The fourth-order valence-electron chi connectivity index (χ4n) is 5.20. The van der Waals surface area contributed by atoms with Gasteiger partial charge in [-0.05, 0) is 76.1 Å². The van der Waals surface area contributed by atoms with Gasteiger partial charge < -0.3 is 24.4 Å². The molecular formula is C24H38N2O4. The first-order chi connectivity index (χ1) is 14.3. The van der Waals surface area contributed by atoms with E-state index in [-0.39, 0.29) is 11.3 Å². The third-order valence-corrected chi connectivity index (χ3v) is 7.16. The van der Waals surface area contributed by atoms with Crippen LogP contribution in [0.2, 0.25) is 0 Å². The molecule has 30 heavy (non-hydrogen) atoms. The van der Waals surface area contributed by atoms with E-state index in [0.717, 1.165) is 71.1 Å². The number of likely N-dealkylation sites (N-methyl/N-ethyl adjacent to an activating group) is 1. The molecule has 1 saturated carbocycles. The predicted molar refractivity (Wildman–Crippen MR) is 118 cm³/mol. The first-order valence-electron chi connectivity index (χ1n) is 11.3. The number of ether oxygens (including phenoxy) is 2. The summed E-state index contributed by atoms with van der Waals surface area (Å²) in [6.07, 6.45) is 6.97. The van der Waals surface area contributed by atoms with Crippen molar-refractivity contribution in [3.8, 4) is 11.5 Å². The summed E-state index contributed by atoms with van der Waals surface area (Å²) >= 11 is 0. The Morgan fingerprint density at radius 3 is 2.33 bits per heavy atom. The third-order valence-electron chi connectivity index (χ3n) is 7.16. The zero-order valence-corrected chi connectivity index (χ0v) is 19.1. The summed E-state index contributed by atoms with van der Waals surface area (Å²) < 4.78 is 10.7. The molecule has 1 amide bonds. The average molecular weight is 419 g/mol. The molecular weight excluding hydrogens is 380 g/mol. The van der Waals surface area contributed by atoms with Crippen molar-refractivity contribution in [1.29, 1.82) is 0 Å². The van der Waals surface area contributed by atoms with Gasteiger partial charge in [0, 0.05) is 25.7 Å². The van der Waals surface area contributed by atoms with Gasteiger partial charge in [-0.25, -0.2) is 0 Å². The fraction of sp³-hybridized carbons (Fsp3) is 0.708. The first kappa shape index (κ1) is 22.9. The van der Waals surface area contributed by atoms with Crippen LogP contribution in [-0.2, 0) is 0 Å². The molecule has 1 saturated heterocycles. The van der Waals surface area contributed by atoms with Gasteiger partial charge in [0.2, 0.25) is 0 Å². The van der Waals surface area contributed by atoms with Crippen LogP contribution in [0, 0.1) is 5.41 Å². The molecule has 2 aliphatic rings. The van der Waals surface area contributed by atoms with Crippen molar-refractivity contribution in [2.45, 2.75) is 57.5 Å². The number of rotatable bonds is 7. The summed E-state index contributed by atoms with van der Waals surface area (Å²) in [6, 6.07) is 5.35. The third kappa shape index (κ3) is 5.09. The Morgan fingerprint density at radius 1 is 1.10 bits per heavy atom. The summed E-state index contributed by atoms with van der Waals surface area (Å²) in [6.45, 7) is 5.50. The lowest BCUT2D eigenvalue weighted by molar-refractivity contribution is -0.0643. The van der Waals surface area contributed by atoms with Gasteiger partial charge in [0.15, 0.2) is 0 Å². The average Bonchev–Trinajstić information content (AvgIpc) is 2.76. The number of likely N-dealkylation sites (tertiary alicyclic amines) is 1. The second-order valence-corrected chi connectivity index (χ2v) is 9.32. The van der Waals surface area contributed by atoms with Crippen molar-refractivity contribution in [3.05, 3.63) is 23.8 Å². The van der Waals surface area contributed by atoms with Crippen molar-refractivity contribution in [2.75, 3.05) is 47.4 Å². The Labute approximate surface area is 181 Å². The SMILES string of the molecule is CCCN(C)CC1(O)CCC2(CCN(C(=O)c3ccc(OC)cc3OC)CC2)CC1. The molecule has 168 valence electrons. The maximum atomic E-state index is 13.1. The van der Waals surface area contributed by atoms with Crippen molar-refractivity contribution in [1.82, 2.24) is 9.80 Å². The smallest absolute Gasteiger partial charge is 0.257 e. The van der Waals surface area contributed by atoms with E-state index >= 15 is 0 Å². The van der Waals surface area contributed by atoms with E-state index in [1.54, 1.807) is 32.4 Å². The maximum absolute atomic E-state index is 13.1. The standard InChI is InChI=1S/C24H38N2O4/c1-5-14-25(2)18-24(28)10-8-23(9-11-24)12-15-26(16-13-23)22(27)20-7-6-19(29-3)17-21(20)30-4/h6-7,17,28H,5,8-16,18H2,1-4H3. The molecule has 0 aromatic heterocycles. The van der Waals surface area contributed by atoms with Gasteiger partial charge >= 0.3 is 0 Å². The maximum Gasteiger partial charge on any atom is 0.257 e. The topological polar surface area (TPSA) is 62.2 Å². The highest BCUT2D eigenvalue weighted by Crippen LogP contribution is 2.48. The number of hydrogen-bond donors (Lipinski definition) is 1. The molecule has 1 N–H and O–H groups in total. The van der Waals surface area contributed by atoms with E-state index in [1.165, 1.54) is 0 Å². The molecule has 1 heterocycles. The molecule has 1 spiro atoms. The Bertz CT molecular complexity index is 718. The van der Waals surface area contributed by atoms with Crippen LogP contribution in [0.3, 0.4) is 0 Å². The van der Waals surface area contributed by atoms with Crippen LogP contribution in [0.4, 0.5) is 0 Å². The molecule has 0 atom stereocenters. The molecule has 6 nitrogen and oxygen atoms in total. The van der Waals surface area contributed by atoms with Crippen LogP contribution in [0.1, 0.15) is 62.2 Å². The molecule has 2 fully saturated rings. The van der Waals surface area contributed by atoms with E-state index in [1.807, 2.05) is 4.90 Å². The second kappa shape index (κ2) is 9.56. The van der Waals surface area contributed by atoms with Crippen LogP contribution in [0.15, 0.2) is 18.2 Å². The van der Waals surface area contributed by atoms with Crippen LogP contribution in [0.5, 0.6) is 11.5 Å². The monoisotopic (exact) mass is 418 g/mol. The van der Waals surface area contributed by atoms with E-state index in [4.69, 9.17) is 9.47 Å². The Balaban J connectivity index is 1.57. The van der Waals surface area contributed by atoms with Gasteiger partial charge in [-0.2, -0.15) is 0 Å². The Kier molecular flexibility index (Phi) is 7.30. The van der Waals surface area contributed by atoms with Crippen LogP contribution < -0.4 is 9.47 Å².